The highest BCUT2D eigenvalue weighted by molar-refractivity contribution is 9.10. The summed E-state index contributed by atoms with van der Waals surface area (Å²) in [6, 6.07) is 4.66. The van der Waals surface area contributed by atoms with Crippen molar-refractivity contribution in [1.29, 1.82) is 0 Å². The van der Waals surface area contributed by atoms with E-state index >= 15 is 0 Å². The molecule has 0 aliphatic heterocycles. The Balaban J connectivity index is 2.14. The molecule has 9 nitrogen and oxygen atoms in total. The van der Waals surface area contributed by atoms with Gasteiger partial charge in [0.2, 0.25) is 0 Å². The van der Waals surface area contributed by atoms with Crippen molar-refractivity contribution in [3.63, 3.8) is 0 Å². The smallest absolute Gasteiger partial charge is 0.284 e. The molecule has 1 aromatic carbocycles. The molecule has 1 aromatic heterocycles. The second-order valence-corrected chi connectivity index (χ2v) is 4.63. The van der Waals surface area contributed by atoms with Gasteiger partial charge in [0.25, 0.3) is 11.6 Å². The van der Waals surface area contributed by atoms with Gasteiger partial charge in [-0.3, -0.25) is 10.1 Å². The first-order valence-electron chi connectivity index (χ1n) is 5.39. The van der Waals surface area contributed by atoms with E-state index in [0.717, 1.165) is 0 Å². The van der Waals surface area contributed by atoms with Gasteiger partial charge >= 0.3 is 0 Å². The molecule has 1 heterocycles. The highest BCUT2D eigenvalue weighted by Crippen LogP contribution is 2.24. The number of nitrogen functional groups attached to an aromatic ring is 1. The highest BCUT2D eigenvalue weighted by atomic mass is 79.9. The van der Waals surface area contributed by atoms with Crippen molar-refractivity contribution in [3.8, 4) is 0 Å². The lowest BCUT2D eigenvalue weighted by atomic mass is 10.2. The van der Waals surface area contributed by atoms with Crippen molar-refractivity contribution in [2.75, 3.05) is 11.3 Å². The van der Waals surface area contributed by atoms with E-state index in [-0.39, 0.29) is 11.6 Å². The first-order valence-corrected chi connectivity index (χ1v) is 6.18. The average Bonchev–Trinajstić information content (AvgIpc) is 2.72. The van der Waals surface area contributed by atoms with Crippen molar-refractivity contribution in [2.24, 2.45) is 5.10 Å². The molecular formula is C10H10BrN7O2. The summed E-state index contributed by atoms with van der Waals surface area (Å²) in [6.45, 7) is 1.69. The third-order valence-electron chi connectivity index (χ3n) is 2.41. The predicted molar refractivity (Wildman–Crippen MR) is 76.9 cm³/mol. The zero-order valence-corrected chi connectivity index (χ0v) is 11.9. The fraction of sp³-hybridized carbons (Fsp3) is 0.100. The molecule has 0 radical (unpaired) electrons. The maximum atomic E-state index is 10.8. The number of aryl methyl sites for hydroxylation is 1. The lowest BCUT2D eigenvalue weighted by Crippen LogP contribution is -2.13. The number of rotatable bonds is 4. The van der Waals surface area contributed by atoms with Gasteiger partial charge in [0.1, 0.15) is 0 Å². The summed E-state index contributed by atoms with van der Waals surface area (Å²) in [7, 11) is 0. The van der Waals surface area contributed by atoms with E-state index < -0.39 is 4.92 Å². The monoisotopic (exact) mass is 339 g/mol. The van der Waals surface area contributed by atoms with Gasteiger partial charge in [-0.15, -0.1) is 10.2 Å². The molecule has 0 saturated carbocycles. The Morgan fingerprint density at radius 3 is 2.90 bits per heavy atom. The molecule has 2 rings (SSSR count). The van der Waals surface area contributed by atoms with Gasteiger partial charge in [-0.25, -0.2) is 10.1 Å². The Kier molecular flexibility index (Phi) is 3.94. The van der Waals surface area contributed by atoms with Crippen LogP contribution in [0.4, 0.5) is 11.6 Å². The summed E-state index contributed by atoms with van der Waals surface area (Å²) in [4.78, 5) is 10.3. The van der Waals surface area contributed by atoms with Crippen LogP contribution in [0.25, 0.3) is 0 Å². The number of hydrazone groups is 1. The van der Waals surface area contributed by atoms with E-state index in [4.69, 9.17) is 5.84 Å². The number of nitrogens with two attached hydrogens (primary N) is 1. The molecule has 10 heteroatoms. The summed E-state index contributed by atoms with van der Waals surface area (Å²) in [5.74, 6) is 6.42. The number of hydrogen-bond acceptors (Lipinski definition) is 7. The number of nitro benzene ring substituents is 1. The number of nitrogens with zero attached hydrogens (tertiary/aromatic N) is 5. The fourth-order valence-corrected chi connectivity index (χ4v) is 1.75. The van der Waals surface area contributed by atoms with Crippen LogP contribution in [0.3, 0.4) is 0 Å². The van der Waals surface area contributed by atoms with Gasteiger partial charge < -0.3 is 5.84 Å². The largest absolute Gasteiger partial charge is 0.335 e. The van der Waals surface area contributed by atoms with E-state index in [1.807, 2.05) is 0 Å². The molecular weight excluding hydrogens is 330 g/mol. The molecule has 0 bridgehead atoms. The number of hydrogen-bond donors (Lipinski definition) is 2. The SMILES string of the molecule is Cc1nnc(NN=Cc2ccc(Br)c([N+](=O)[O-])c2)n1N. The lowest BCUT2D eigenvalue weighted by Gasteiger charge is -2.00. The van der Waals surface area contributed by atoms with Crippen LogP contribution in [0.5, 0.6) is 0 Å². The van der Waals surface area contributed by atoms with E-state index in [9.17, 15) is 10.1 Å². The van der Waals surface area contributed by atoms with Gasteiger partial charge in [0, 0.05) is 11.6 Å². The zero-order valence-electron chi connectivity index (χ0n) is 10.3. The Hall–Kier alpha value is -2.49. The van der Waals surface area contributed by atoms with Crippen LogP contribution in [0.1, 0.15) is 11.4 Å². The molecule has 104 valence electrons. The summed E-state index contributed by atoms with van der Waals surface area (Å²) in [5.41, 5.74) is 3.12. The number of nitrogens with one attached hydrogen (secondary N) is 1. The summed E-state index contributed by atoms with van der Waals surface area (Å²) >= 11 is 3.11. The number of aromatic nitrogens is 3. The molecule has 0 aliphatic carbocycles. The van der Waals surface area contributed by atoms with Crippen LogP contribution >= 0.6 is 15.9 Å². The van der Waals surface area contributed by atoms with Gasteiger partial charge in [0.05, 0.1) is 15.6 Å². The van der Waals surface area contributed by atoms with Crippen molar-refractivity contribution >= 4 is 33.8 Å². The number of nitro groups is 1. The van der Waals surface area contributed by atoms with Crippen molar-refractivity contribution in [3.05, 3.63) is 44.2 Å². The second-order valence-electron chi connectivity index (χ2n) is 3.78. The number of benzene rings is 1. The van der Waals surface area contributed by atoms with Crippen molar-refractivity contribution in [2.45, 2.75) is 6.92 Å². The Bertz CT molecular complexity index is 682. The third kappa shape index (κ3) is 2.91. The van der Waals surface area contributed by atoms with Gasteiger partial charge in [-0.2, -0.15) is 5.10 Å². The van der Waals surface area contributed by atoms with Gasteiger partial charge in [0.15, 0.2) is 5.82 Å². The molecule has 0 saturated heterocycles. The van der Waals surface area contributed by atoms with Crippen molar-refractivity contribution < 1.29 is 4.92 Å². The van der Waals surface area contributed by atoms with Gasteiger partial charge in [-0.1, -0.05) is 6.07 Å². The molecule has 2 aromatic rings. The van der Waals surface area contributed by atoms with Crippen LogP contribution in [-0.4, -0.2) is 26.0 Å². The Morgan fingerprint density at radius 1 is 1.55 bits per heavy atom. The predicted octanol–water partition coefficient (Wildman–Crippen LogP) is 1.42. The van der Waals surface area contributed by atoms with Crippen molar-refractivity contribution in [1.82, 2.24) is 14.9 Å². The quantitative estimate of drug-likeness (QED) is 0.375. The summed E-state index contributed by atoms with van der Waals surface area (Å²) in [6.07, 6.45) is 1.42. The molecule has 0 amide bonds. The minimum atomic E-state index is -0.477. The molecule has 0 fully saturated rings. The average molecular weight is 340 g/mol. The molecule has 20 heavy (non-hydrogen) atoms. The van der Waals surface area contributed by atoms with E-state index in [2.05, 4.69) is 36.7 Å². The maximum Gasteiger partial charge on any atom is 0.284 e. The molecule has 0 unspecified atom stereocenters. The Morgan fingerprint density at radius 2 is 2.30 bits per heavy atom. The summed E-state index contributed by atoms with van der Waals surface area (Å²) < 4.78 is 1.64. The molecule has 0 atom stereocenters. The van der Waals surface area contributed by atoms with Crippen LogP contribution < -0.4 is 11.3 Å². The van der Waals surface area contributed by atoms with E-state index in [1.165, 1.54) is 17.0 Å². The Labute approximate surface area is 121 Å². The molecule has 0 aliphatic rings. The normalized spacial score (nSPS) is 10.9. The first-order chi connectivity index (χ1) is 9.49. The number of anilines is 1. The lowest BCUT2D eigenvalue weighted by molar-refractivity contribution is -0.385. The van der Waals surface area contributed by atoms with Crippen LogP contribution in [0, 0.1) is 17.0 Å². The second kappa shape index (κ2) is 5.65. The van der Waals surface area contributed by atoms with Crippen LogP contribution in [0.15, 0.2) is 27.8 Å². The molecule has 3 N–H and O–H groups in total. The van der Waals surface area contributed by atoms with Gasteiger partial charge in [-0.05, 0) is 28.9 Å². The standard InChI is InChI=1S/C10H10BrN7O2/c1-6-14-16-10(17(6)12)15-13-5-7-2-3-8(11)9(4-7)18(19)20/h2-5H,12H2,1H3,(H,15,16). The maximum absolute atomic E-state index is 10.8. The first kappa shape index (κ1) is 13.9. The highest BCUT2D eigenvalue weighted by Gasteiger charge is 2.11. The summed E-state index contributed by atoms with van der Waals surface area (Å²) in [5, 5.41) is 22.2. The topological polar surface area (TPSA) is 124 Å². The van der Waals surface area contributed by atoms with E-state index in [1.54, 1.807) is 19.1 Å². The minimum Gasteiger partial charge on any atom is -0.335 e. The third-order valence-corrected chi connectivity index (χ3v) is 3.08. The number of halogens is 1. The zero-order chi connectivity index (χ0) is 14.7. The minimum absolute atomic E-state index is 0.0354. The molecule has 0 spiro atoms. The van der Waals surface area contributed by atoms with E-state index in [0.29, 0.717) is 15.9 Å². The fourth-order valence-electron chi connectivity index (χ4n) is 1.36. The van der Waals surface area contributed by atoms with Crippen LogP contribution in [-0.2, 0) is 0 Å². The van der Waals surface area contributed by atoms with Crippen LogP contribution in [0.2, 0.25) is 0 Å².